The van der Waals surface area contributed by atoms with Gasteiger partial charge in [0.05, 0.1) is 5.69 Å². The number of thioether (sulfide) groups is 1. The van der Waals surface area contributed by atoms with Gasteiger partial charge in [0.2, 0.25) is 0 Å². The first-order valence-corrected chi connectivity index (χ1v) is 11.5. The highest BCUT2D eigenvalue weighted by atomic mass is 35.5. The van der Waals surface area contributed by atoms with Crippen LogP contribution in [0.3, 0.4) is 0 Å². The summed E-state index contributed by atoms with van der Waals surface area (Å²) in [7, 11) is 0. The SMILES string of the molecule is Cc1ccc(NC2=C(Sc3ccc(Cl)cc3)C(=O)N(c3ccc(C)c(Cl)c3)C2=O)c(C)c1. The van der Waals surface area contributed by atoms with Crippen LogP contribution in [-0.2, 0) is 9.59 Å². The zero-order valence-electron chi connectivity index (χ0n) is 17.7. The largest absolute Gasteiger partial charge is 0.350 e. The predicted molar refractivity (Wildman–Crippen MR) is 133 cm³/mol. The van der Waals surface area contributed by atoms with Crippen LogP contribution in [0.5, 0.6) is 0 Å². The summed E-state index contributed by atoms with van der Waals surface area (Å²) in [6, 6.07) is 18.2. The van der Waals surface area contributed by atoms with Crippen LogP contribution in [0, 0.1) is 20.8 Å². The number of rotatable bonds is 5. The van der Waals surface area contributed by atoms with E-state index in [2.05, 4.69) is 5.32 Å². The third-order valence-corrected chi connectivity index (χ3v) is 6.88. The van der Waals surface area contributed by atoms with Crippen molar-refractivity contribution < 1.29 is 9.59 Å². The van der Waals surface area contributed by atoms with Crippen molar-refractivity contribution in [2.24, 2.45) is 0 Å². The van der Waals surface area contributed by atoms with Gasteiger partial charge in [0.1, 0.15) is 10.6 Å². The van der Waals surface area contributed by atoms with Crippen molar-refractivity contribution >= 4 is 58.2 Å². The normalized spacial score (nSPS) is 13.8. The van der Waals surface area contributed by atoms with Crippen molar-refractivity contribution in [2.45, 2.75) is 25.7 Å². The van der Waals surface area contributed by atoms with Crippen molar-refractivity contribution in [1.29, 1.82) is 0 Å². The molecule has 162 valence electrons. The molecule has 1 aliphatic rings. The molecular weight excluding hydrogens is 463 g/mol. The predicted octanol–water partition coefficient (Wildman–Crippen LogP) is 6.91. The van der Waals surface area contributed by atoms with E-state index in [0.29, 0.717) is 20.6 Å². The Balaban J connectivity index is 1.77. The van der Waals surface area contributed by atoms with E-state index in [1.165, 1.54) is 11.8 Å². The van der Waals surface area contributed by atoms with Gasteiger partial charge in [-0.2, -0.15) is 0 Å². The van der Waals surface area contributed by atoms with E-state index in [4.69, 9.17) is 23.2 Å². The van der Waals surface area contributed by atoms with Crippen LogP contribution < -0.4 is 10.2 Å². The van der Waals surface area contributed by atoms with Gasteiger partial charge in [-0.3, -0.25) is 9.59 Å². The van der Waals surface area contributed by atoms with Gasteiger partial charge in [0.25, 0.3) is 11.8 Å². The number of imide groups is 1. The molecule has 0 atom stereocenters. The minimum atomic E-state index is -0.425. The van der Waals surface area contributed by atoms with Crippen molar-refractivity contribution in [3.8, 4) is 0 Å². The average Bonchev–Trinajstić information content (AvgIpc) is 2.97. The fraction of sp³-hybridized carbons (Fsp3) is 0.120. The maximum absolute atomic E-state index is 13.5. The Labute approximate surface area is 201 Å². The van der Waals surface area contributed by atoms with Crippen LogP contribution in [0.15, 0.2) is 76.2 Å². The number of nitrogens with one attached hydrogen (secondary N) is 1. The molecule has 0 radical (unpaired) electrons. The summed E-state index contributed by atoms with van der Waals surface area (Å²) >= 11 is 13.5. The Morgan fingerprint density at radius 3 is 2.19 bits per heavy atom. The highest BCUT2D eigenvalue weighted by Gasteiger charge is 2.40. The minimum Gasteiger partial charge on any atom is -0.350 e. The number of aryl methyl sites for hydroxylation is 3. The molecule has 2 amide bonds. The molecule has 7 heteroatoms. The molecule has 0 aromatic heterocycles. The van der Waals surface area contributed by atoms with E-state index >= 15 is 0 Å². The number of carbonyl (C=O) groups is 2. The number of carbonyl (C=O) groups excluding carboxylic acids is 2. The molecular formula is C25H20Cl2N2O2S. The Hall–Kier alpha value is -2.73. The van der Waals surface area contributed by atoms with E-state index in [-0.39, 0.29) is 5.70 Å². The summed E-state index contributed by atoms with van der Waals surface area (Å²) in [6.07, 6.45) is 0. The lowest BCUT2D eigenvalue weighted by Gasteiger charge is -2.16. The van der Waals surface area contributed by atoms with Crippen molar-refractivity contribution in [1.82, 2.24) is 0 Å². The Bertz CT molecular complexity index is 1270. The van der Waals surface area contributed by atoms with Crippen LogP contribution in [0.4, 0.5) is 11.4 Å². The molecule has 32 heavy (non-hydrogen) atoms. The quantitative estimate of drug-likeness (QED) is 0.401. The van der Waals surface area contributed by atoms with Crippen LogP contribution in [0.1, 0.15) is 16.7 Å². The lowest BCUT2D eigenvalue weighted by atomic mass is 10.1. The van der Waals surface area contributed by atoms with Gasteiger partial charge >= 0.3 is 0 Å². The Morgan fingerprint density at radius 1 is 0.812 bits per heavy atom. The number of nitrogens with zero attached hydrogens (tertiary/aromatic N) is 1. The molecule has 0 bridgehead atoms. The van der Waals surface area contributed by atoms with E-state index in [1.54, 1.807) is 30.3 Å². The van der Waals surface area contributed by atoms with E-state index in [9.17, 15) is 9.59 Å². The lowest BCUT2D eigenvalue weighted by molar-refractivity contribution is -0.120. The second-order valence-electron chi connectivity index (χ2n) is 7.58. The molecule has 3 aromatic rings. The summed E-state index contributed by atoms with van der Waals surface area (Å²) in [5.74, 6) is -0.825. The molecule has 0 saturated heterocycles. The monoisotopic (exact) mass is 482 g/mol. The minimum absolute atomic E-state index is 0.235. The second-order valence-corrected chi connectivity index (χ2v) is 9.51. The maximum atomic E-state index is 13.5. The van der Waals surface area contributed by atoms with Crippen molar-refractivity contribution in [2.75, 3.05) is 10.2 Å². The van der Waals surface area contributed by atoms with E-state index in [0.717, 1.165) is 32.2 Å². The van der Waals surface area contributed by atoms with Gasteiger partial charge < -0.3 is 5.32 Å². The van der Waals surface area contributed by atoms with Crippen LogP contribution in [0.25, 0.3) is 0 Å². The van der Waals surface area contributed by atoms with E-state index in [1.807, 2.05) is 51.1 Å². The van der Waals surface area contributed by atoms with Crippen molar-refractivity contribution in [3.63, 3.8) is 0 Å². The summed E-state index contributed by atoms with van der Waals surface area (Å²) in [6.45, 7) is 5.83. The molecule has 1 heterocycles. The fourth-order valence-electron chi connectivity index (χ4n) is 3.38. The maximum Gasteiger partial charge on any atom is 0.283 e. The summed E-state index contributed by atoms with van der Waals surface area (Å²) < 4.78 is 0. The number of amides is 2. The van der Waals surface area contributed by atoms with Gasteiger partial charge in [-0.15, -0.1) is 0 Å². The molecule has 0 spiro atoms. The zero-order valence-corrected chi connectivity index (χ0v) is 20.0. The lowest BCUT2D eigenvalue weighted by Crippen LogP contribution is -2.32. The third kappa shape index (κ3) is 4.42. The number of benzene rings is 3. The molecule has 1 aliphatic heterocycles. The van der Waals surface area contributed by atoms with Crippen molar-refractivity contribution in [3.05, 3.63) is 98.0 Å². The van der Waals surface area contributed by atoms with E-state index < -0.39 is 11.8 Å². The molecule has 0 unspecified atom stereocenters. The summed E-state index contributed by atoms with van der Waals surface area (Å²) in [5, 5.41) is 4.30. The third-order valence-electron chi connectivity index (χ3n) is 5.13. The van der Waals surface area contributed by atoms with Crippen LogP contribution >= 0.6 is 35.0 Å². The summed E-state index contributed by atoms with van der Waals surface area (Å²) in [5.41, 5.74) is 4.39. The van der Waals surface area contributed by atoms with Gasteiger partial charge in [0, 0.05) is 20.6 Å². The Morgan fingerprint density at radius 2 is 1.53 bits per heavy atom. The van der Waals surface area contributed by atoms with Gasteiger partial charge in [-0.05, 0) is 74.4 Å². The highest BCUT2D eigenvalue weighted by molar-refractivity contribution is 8.04. The first-order valence-electron chi connectivity index (χ1n) is 9.91. The summed E-state index contributed by atoms with van der Waals surface area (Å²) in [4.78, 5) is 29.2. The average molecular weight is 483 g/mol. The van der Waals surface area contributed by atoms with Gasteiger partial charge in [-0.1, -0.05) is 58.7 Å². The highest BCUT2D eigenvalue weighted by Crippen LogP contribution is 2.39. The Kier molecular flexibility index (Phi) is 6.33. The number of anilines is 2. The number of hydrogen-bond donors (Lipinski definition) is 1. The smallest absolute Gasteiger partial charge is 0.283 e. The molecule has 0 saturated carbocycles. The second kappa shape index (κ2) is 9.02. The number of halogens is 2. The standard InChI is InChI=1S/C25H20Cl2N2O2S/c1-14-4-11-21(16(3)12-14)28-22-23(32-19-9-6-17(26)7-10-19)25(31)29(24(22)30)18-8-5-15(2)20(27)13-18/h4-13,28H,1-3H3. The molecule has 0 aliphatic carbocycles. The zero-order chi connectivity index (χ0) is 23.0. The molecule has 4 nitrogen and oxygen atoms in total. The van der Waals surface area contributed by atoms with Gasteiger partial charge in [-0.25, -0.2) is 4.90 Å². The topological polar surface area (TPSA) is 49.4 Å². The van der Waals surface area contributed by atoms with Crippen LogP contribution in [0.2, 0.25) is 10.0 Å². The van der Waals surface area contributed by atoms with Gasteiger partial charge in [0.15, 0.2) is 0 Å². The van der Waals surface area contributed by atoms with Crippen LogP contribution in [-0.4, -0.2) is 11.8 Å². The molecule has 1 N–H and O–H groups in total. The first kappa shape index (κ1) is 22.5. The number of hydrogen-bond acceptors (Lipinski definition) is 4. The fourth-order valence-corrected chi connectivity index (χ4v) is 4.61. The molecule has 0 fully saturated rings. The molecule has 3 aromatic carbocycles. The molecule has 4 rings (SSSR count). The first-order chi connectivity index (χ1) is 15.2.